The average Bonchev–Trinajstić information content (AvgIpc) is 2.87. The highest BCUT2D eigenvalue weighted by molar-refractivity contribution is 5.97. The number of benzene rings is 3. The van der Waals surface area contributed by atoms with E-state index in [1.165, 1.54) is 24.3 Å². The summed E-state index contributed by atoms with van der Waals surface area (Å²) >= 11 is 0. The first kappa shape index (κ1) is 22.7. The van der Waals surface area contributed by atoms with Gasteiger partial charge in [-0.25, -0.2) is 4.39 Å². The lowest BCUT2D eigenvalue weighted by Crippen LogP contribution is -2.15. The Morgan fingerprint density at radius 1 is 1.00 bits per heavy atom. The number of carbonyl (C=O) groups is 1. The van der Waals surface area contributed by atoms with E-state index in [-0.39, 0.29) is 17.8 Å². The van der Waals surface area contributed by atoms with Crippen LogP contribution in [0.5, 0.6) is 17.2 Å². The summed E-state index contributed by atoms with van der Waals surface area (Å²) in [6, 6.07) is 14.1. The van der Waals surface area contributed by atoms with Gasteiger partial charge in [0.25, 0.3) is 0 Å². The Morgan fingerprint density at radius 3 is 2.49 bits per heavy atom. The lowest BCUT2D eigenvalue weighted by Gasteiger charge is -2.19. The molecule has 1 aliphatic rings. The second-order valence-electron chi connectivity index (χ2n) is 8.25. The number of hydrogen-bond acceptors (Lipinski definition) is 6. The van der Waals surface area contributed by atoms with Crippen LogP contribution < -0.4 is 19.6 Å². The minimum Gasteiger partial charge on any atom is -0.486 e. The Morgan fingerprint density at radius 2 is 1.74 bits per heavy atom. The summed E-state index contributed by atoms with van der Waals surface area (Å²) in [7, 11) is 0. The van der Waals surface area contributed by atoms with Crippen molar-refractivity contribution in [3.8, 4) is 28.4 Å². The van der Waals surface area contributed by atoms with E-state index in [1.807, 2.05) is 13.0 Å². The van der Waals surface area contributed by atoms with Crippen molar-refractivity contribution in [2.24, 2.45) is 0 Å². The molecule has 35 heavy (non-hydrogen) atoms. The molecule has 0 bridgehead atoms. The van der Waals surface area contributed by atoms with Crippen LogP contribution in [0.2, 0.25) is 0 Å². The summed E-state index contributed by atoms with van der Waals surface area (Å²) in [6.45, 7) is 4.40. The zero-order valence-electron chi connectivity index (χ0n) is 19.4. The maximum atomic E-state index is 13.5. The van der Waals surface area contributed by atoms with E-state index < -0.39 is 5.82 Å². The molecule has 0 spiro atoms. The van der Waals surface area contributed by atoms with Gasteiger partial charge in [0.05, 0.1) is 10.9 Å². The standard InChI is InChI=1S/C28H23FO6/c1-3-17-12-21-25(14-24(17)34-15-22(30)18-4-7-20(29)8-5-18)35-16(2)27(28(21)31)19-6-9-23-26(13-19)33-11-10-32-23/h4-9,12-14H,3,10-11,15H2,1-2H3. The Hall–Kier alpha value is -4.13. The Balaban J connectivity index is 1.49. The molecule has 2 heterocycles. The molecule has 5 rings (SSSR count). The van der Waals surface area contributed by atoms with E-state index in [9.17, 15) is 14.0 Å². The van der Waals surface area contributed by atoms with Crippen LogP contribution in [0.25, 0.3) is 22.1 Å². The van der Waals surface area contributed by atoms with Gasteiger partial charge in [0, 0.05) is 11.6 Å². The van der Waals surface area contributed by atoms with Gasteiger partial charge in [-0.1, -0.05) is 13.0 Å². The molecule has 7 heteroatoms. The molecule has 0 saturated heterocycles. The molecule has 0 saturated carbocycles. The Kier molecular flexibility index (Phi) is 5.99. The number of hydrogen-bond donors (Lipinski definition) is 0. The second-order valence-corrected chi connectivity index (χ2v) is 8.25. The topological polar surface area (TPSA) is 75.0 Å². The van der Waals surface area contributed by atoms with Crippen molar-refractivity contribution >= 4 is 16.8 Å². The number of rotatable bonds is 6. The molecule has 6 nitrogen and oxygen atoms in total. The molecule has 0 unspecified atom stereocenters. The smallest absolute Gasteiger partial charge is 0.200 e. The van der Waals surface area contributed by atoms with Crippen LogP contribution in [0.3, 0.4) is 0 Å². The highest BCUT2D eigenvalue weighted by Gasteiger charge is 2.19. The normalized spacial score (nSPS) is 12.5. The van der Waals surface area contributed by atoms with Gasteiger partial charge in [0.1, 0.15) is 36.1 Å². The molecule has 0 aliphatic carbocycles. The molecule has 1 aromatic heterocycles. The van der Waals surface area contributed by atoms with Crippen molar-refractivity contribution in [2.45, 2.75) is 20.3 Å². The molecule has 3 aromatic carbocycles. The first-order chi connectivity index (χ1) is 16.9. The van der Waals surface area contributed by atoms with Crippen molar-refractivity contribution in [1.82, 2.24) is 0 Å². The van der Waals surface area contributed by atoms with Crippen molar-refractivity contribution in [3.63, 3.8) is 0 Å². The van der Waals surface area contributed by atoms with Crippen LogP contribution in [0.1, 0.15) is 28.6 Å². The molecule has 178 valence electrons. The van der Waals surface area contributed by atoms with Gasteiger partial charge < -0.3 is 18.6 Å². The monoisotopic (exact) mass is 474 g/mol. The van der Waals surface area contributed by atoms with Crippen molar-refractivity contribution < 1.29 is 27.8 Å². The number of Topliss-reactive ketones (excluding diaryl/α,β-unsaturated/α-hetero) is 1. The number of ether oxygens (including phenoxy) is 3. The number of fused-ring (bicyclic) bond motifs is 2. The van der Waals surface area contributed by atoms with Crippen molar-refractivity contribution in [1.29, 1.82) is 0 Å². The zero-order valence-corrected chi connectivity index (χ0v) is 19.4. The molecule has 1 aliphatic heterocycles. The molecule has 0 fully saturated rings. The van der Waals surface area contributed by atoms with Crippen LogP contribution in [-0.4, -0.2) is 25.6 Å². The third kappa shape index (κ3) is 4.37. The molecule has 0 radical (unpaired) electrons. The van der Waals surface area contributed by atoms with Gasteiger partial charge in [-0.15, -0.1) is 0 Å². The predicted octanol–water partition coefficient (Wildman–Crippen LogP) is 5.50. The first-order valence-electron chi connectivity index (χ1n) is 11.4. The number of carbonyl (C=O) groups excluding carboxylic acids is 1. The lowest BCUT2D eigenvalue weighted by atomic mass is 10.00. The highest BCUT2D eigenvalue weighted by atomic mass is 19.1. The predicted molar refractivity (Wildman–Crippen MR) is 129 cm³/mol. The van der Waals surface area contributed by atoms with Crippen LogP contribution in [-0.2, 0) is 6.42 Å². The lowest BCUT2D eigenvalue weighted by molar-refractivity contribution is 0.0921. The summed E-state index contributed by atoms with van der Waals surface area (Å²) in [4.78, 5) is 26.0. The Bertz CT molecular complexity index is 1490. The maximum Gasteiger partial charge on any atom is 0.200 e. The molecule has 0 amide bonds. The quantitative estimate of drug-likeness (QED) is 0.344. The highest BCUT2D eigenvalue weighted by Crippen LogP contribution is 2.36. The van der Waals surface area contributed by atoms with Crippen LogP contribution in [0, 0.1) is 12.7 Å². The number of aryl methyl sites for hydroxylation is 2. The summed E-state index contributed by atoms with van der Waals surface area (Å²) in [5.41, 5.74) is 2.48. The summed E-state index contributed by atoms with van der Waals surface area (Å²) in [6.07, 6.45) is 0.586. The van der Waals surface area contributed by atoms with Gasteiger partial charge >= 0.3 is 0 Å². The fourth-order valence-electron chi connectivity index (χ4n) is 4.18. The van der Waals surface area contributed by atoms with E-state index >= 15 is 0 Å². The summed E-state index contributed by atoms with van der Waals surface area (Å²) in [5, 5.41) is 0.426. The van der Waals surface area contributed by atoms with Gasteiger partial charge in [-0.2, -0.15) is 0 Å². The van der Waals surface area contributed by atoms with Crippen molar-refractivity contribution in [2.75, 3.05) is 19.8 Å². The largest absolute Gasteiger partial charge is 0.486 e. The minimum absolute atomic E-state index is 0.163. The molecule has 4 aromatic rings. The maximum absolute atomic E-state index is 13.5. The molecule has 0 N–H and O–H groups in total. The van der Waals surface area contributed by atoms with E-state index in [1.54, 1.807) is 31.2 Å². The van der Waals surface area contributed by atoms with Crippen LogP contribution in [0.4, 0.5) is 4.39 Å². The molecular weight excluding hydrogens is 451 g/mol. The summed E-state index contributed by atoms with van der Waals surface area (Å²) in [5.74, 6) is 1.47. The first-order valence-corrected chi connectivity index (χ1v) is 11.4. The molecular formula is C28H23FO6. The fourth-order valence-corrected chi connectivity index (χ4v) is 4.18. The molecule has 0 atom stereocenters. The van der Waals surface area contributed by atoms with Gasteiger partial charge in [0.15, 0.2) is 23.9 Å². The van der Waals surface area contributed by atoms with Gasteiger partial charge in [-0.05, 0) is 66.9 Å². The third-order valence-corrected chi connectivity index (χ3v) is 5.99. The second kappa shape index (κ2) is 9.25. The SMILES string of the molecule is CCc1cc2c(=O)c(-c3ccc4c(c3)OCCO4)c(C)oc2cc1OCC(=O)c1ccc(F)cc1. The van der Waals surface area contributed by atoms with Gasteiger partial charge in [0.2, 0.25) is 5.43 Å². The zero-order chi connectivity index (χ0) is 24.5. The van der Waals surface area contributed by atoms with Gasteiger partial charge in [-0.3, -0.25) is 9.59 Å². The van der Waals surface area contributed by atoms with Crippen LogP contribution in [0.15, 0.2) is 63.8 Å². The number of ketones is 1. The van der Waals surface area contributed by atoms with E-state index in [4.69, 9.17) is 18.6 Å². The minimum atomic E-state index is -0.411. The summed E-state index contributed by atoms with van der Waals surface area (Å²) < 4.78 is 36.2. The third-order valence-electron chi connectivity index (χ3n) is 5.99. The van der Waals surface area contributed by atoms with E-state index in [0.29, 0.717) is 70.3 Å². The average molecular weight is 474 g/mol. The number of halogens is 1. The van der Waals surface area contributed by atoms with E-state index in [0.717, 1.165) is 5.56 Å². The van der Waals surface area contributed by atoms with Crippen LogP contribution >= 0.6 is 0 Å². The Labute approximate surface area is 200 Å². The fraction of sp³-hybridized carbons (Fsp3) is 0.214. The van der Waals surface area contributed by atoms with E-state index in [2.05, 4.69) is 0 Å². The van der Waals surface area contributed by atoms with Crippen molar-refractivity contribution in [3.05, 3.63) is 87.5 Å².